The molecule has 31 heavy (non-hydrogen) atoms. The molecule has 1 aromatic carbocycles. The van der Waals surface area contributed by atoms with Gasteiger partial charge >= 0.3 is 6.36 Å². The topological polar surface area (TPSA) is 48.9 Å². The Morgan fingerprint density at radius 1 is 1.19 bits per heavy atom. The van der Waals surface area contributed by atoms with E-state index in [-0.39, 0.29) is 41.7 Å². The van der Waals surface area contributed by atoms with Crippen molar-refractivity contribution in [2.24, 2.45) is 10.9 Å². The van der Waals surface area contributed by atoms with Crippen LogP contribution in [0.4, 0.5) is 13.2 Å². The van der Waals surface area contributed by atoms with Gasteiger partial charge in [-0.2, -0.15) is 0 Å². The monoisotopic (exact) mass is 554 g/mol. The maximum absolute atomic E-state index is 12.7. The van der Waals surface area contributed by atoms with Crippen molar-refractivity contribution in [2.45, 2.75) is 64.4 Å². The lowest BCUT2D eigenvalue weighted by Crippen LogP contribution is -2.49. The number of benzene rings is 1. The summed E-state index contributed by atoms with van der Waals surface area (Å²) in [6, 6.07) is 6.82. The number of piperidine rings is 1. The molecule has 0 radical (unpaired) electrons. The molecule has 1 aliphatic carbocycles. The molecule has 2 fully saturated rings. The average Bonchev–Trinajstić information content (AvgIpc) is 3.41. The van der Waals surface area contributed by atoms with Crippen LogP contribution in [-0.2, 0) is 0 Å². The van der Waals surface area contributed by atoms with Crippen molar-refractivity contribution < 1.29 is 17.9 Å². The molecule has 2 unspecified atom stereocenters. The molecule has 0 aromatic heterocycles. The Balaban J connectivity index is 0.00000341. The second-order valence-corrected chi connectivity index (χ2v) is 8.61. The number of alkyl halides is 3. The highest BCUT2D eigenvalue weighted by atomic mass is 127. The zero-order valence-corrected chi connectivity index (χ0v) is 20.7. The number of para-hydroxylation sites is 1. The predicted octanol–water partition coefficient (Wildman–Crippen LogP) is 4.73. The second-order valence-electron chi connectivity index (χ2n) is 8.61. The summed E-state index contributed by atoms with van der Waals surface area (Å²) in [5.74, 6) is 1.30. The van der Waals surface area contributed by atoms with Gasteiger partial charge in [-0.25, -0.2) is 0 Å². The van der Waals surface area contributed by atoms with E-state index in [2.05, 4.69) is 39.1 Å². The minimum absolute atomic E-state index is 0. The number of hydrogen-bond acceptors (Lipinski definition) is 3. The summed E-state index contributed by atoms with van der Waals surface area (Å²) >= 11 is 0. The molecule has 1 aromatic rings. The van der Waals surface area contributed by atoms with Gasteiger partial charge in [0, 0.05) is 44.2 Å². The summed E-state index contributed by atoms with van der Waals surface area (Å²) in [4.78, 5) is 7.05. The van der Waals surface area contributed by atoms with Crippen molar-refractivity contribution in [3.8, 4) is 5.75 Å². The van der Waals surface area contributed by atoms with Gasteiger partial charge in [0.2, 0.25) is 0 Å². The zero-order valence-electron chi connectivity index (χ0n) is 18.4. The summed E-state index contributed by atoms with van der Waals surface area (Å²) in [6.45, 7) is 10.4. The smallest absolute Gasteiger partial charge is 0.405 e. The first-order valence-electron chi connectivity index (χ1n) is 10.9. The molecule has 5 nitrogen and oxygen atoms in total. The molecule has 176 valence electrons. The van der Waals surface area contributed by atoms with Gasteiger partial charge in [-0.1, -0.05) is 32.0 Å². The van der Waals surface area contributed by atoms with Crippen molar-refractivity contribution in [1.29, 1.82) is 0 Å². The quantitative estimate of drug-likeness (QED) is 0.291. The van der Waals surface area contributed by atoms with Crippen LogP contribution in [0.25, 0.3) is 0 Å². The molecular weight excluding hydrogens is 520 g/mol. The first-order chi connectivity index (χ1) is 14.2. The van der Waals surface area contributed by atoms with Crippen LogP contribution in [0.1, 0.15) is 51.5 Å². The molecule has 1 saturated carbocycles. The third kappa shape index (κ3) is 8.32. The molecule has 1 heterocycles. The summed E-state index contributed by atoms with van der Waals surface area (Å²) in [5.41, 5.74) is 0.588. The summed E-state index contributed by atoms with van der Waals surface area (Å²) < 4.78 is 42.3. The minimum atomic E-state index is -4.69. The Morgan fingerprint density at radius 3 is 2.48 bits per heavy atom. The molecule has 0 spiro atoms. The van der Waals surface area contributed by atoms with Crippen LogP contribution in [-0.4, -0.2) is 55.5 Å². The molecule has 3 rings (SSSR count). The number of guanidine groups is 1. The lowest BCUT2D eigenvalue weighted by molar-refractivity contribution is -0.274. The number of ether oxygens (including phenoxy) is 1. The summed E-state index contributed by atoms with van der Waals surface area (Å²) in [6.07, 6.45) is -1.80. The number of nitrogens with one attached hydrogen (secondary N) is 2. The lowest BCUT2D eigenvalue weighted by Gasteiger charge is -2.34. The third-order valence-corrected chi connectivity index (χ3v) is 5.52. The number of nitrogens with zero attached hydrogens (tertiary/aromatic N) is 2. The maximum atomic E-state index is 12.7. The number of halogens is 4. The van der Waals surface area contributed by atoms with Crippen LogP contribution in [0.5, 0.6) is 5.75 Å². The fraction of sp³-hybridized carbons (Fsp3) is 0.682. The first-order valence-corrected chi connectivity index (χ1v) is 10.9. The van der Waals surface area contributed by atoms with Crippen LogP contribution in [0.15, 0.2) is 29.3 Å². The second kappa shape index (κ2) is 11.6. The Bertz CT molecular complexity index is 721. The Hall–Kier alpha value is -1.23. The molecule has 9 heteroatoms. The fourth-order valence-electron chi connectivity index (χ4n) is 4.14. The Morgan fingerprint density at radius 2 is 1.87 bits per heavy atom. The molecule has 2 aliphatic rings. The van der Waals surface area contributed by atoms with Gasteiger partial charge in [-0.05, 0) is 43.7 Å². The van der Waals surface area contributed by atoms with E-state index in [1.807, 2.05) is 6.92 Å². The molecule has 0 amide bonds. The van der Waals surface area contributed by atoms with Crippen LogP contribution in [0, 0.1) is 5.92 Å². The molecular formula is C22H34F3IN4O. The van der Waals surface area contributed by atoms with E-state index in [9.17, 15) is 13.2 Å². The third-order valence-electron chi connectivity index (χ3n) is 5.52. The number of likely N-dealkylation sites (tertiary alicyclic amines) is 1. The minimum Gasteiger partial charge on any atom is -0.405 e. The van der Waals surface area contributed by atoms with Gasteiger partial charge in [0.25, 0.3) is 0 Å². The van der Waals surface area contributed by atoms with Crippen LogP contribution >= 0.6 is 24.0 Å². The fourth-order valence-corrected chi connectivity index (χ4v) is 4.14. The number of hydrogen-bond donors (Lipinski definition) is 2. The average molecular weight is 554 g/mol. The standard InChI is InChI=1S/C22H33F3N4O.HI/c1-4-26-21(27-16-9-11-29(12-10-16)14-15(2)3)28-19-13-18(19)17-7-5-6-8-20(17)30-22(23,24)25;/h5-8,15-16,18-19H,4,9-14H2,1-3H3,(H2,26,27,28);1H. The van der Waals surface area contributed by atoms with Gasteiger partial charge in [-0.15, -0.1) is 37.1 Å². The highest BCUT2D eigenvalue weighted by molar-refractivity contribution is 14.0. The van der Waals surface area contributed by atoms with E-state index in [1.54, 1.807) is 18.2 Å². The van der Waals surface area contributed by atoms with E-state index in [4.69, 9.17) is 0 Å². The van der Waals surface area contributed by atoms with E-state index < -0.39 is 6.36 Å². The van der Waals surface area contributed by atoms with Crippen molar-refractivity contribution in [3.63, 3.8) is 0 Å². The molecule has 1 aliphatic heterocycles. The summed E-state index contributed by atoms with van der Waals surface area (Å²) in [7, 11) is 0. The van der Waals surface area contributed by atoms with Crippen molar-refractivity contribution >= 4 is 29.9 Å². The summed E-state index contributed by atoms with van der Waals surface area (Å²) in [5, 5.41) is 6.94. The van der Waals surface area contributed by atoms with Gasteiger partial charge in [0.05, 0.1) is 0 Å². The van der Waals surface area contributed by atoms with Gasteiger partial charge in [0.15, 0.2) is 5.96 Å². The van der Waals surface area contributed by atoms with E-state index in [1.165, 1.54) is 6.07 Å². The SMILES string of the molecule is CCN=C(NC1CCN(CC(C)C)CC1)NC1CC1c1ccccc1OC(F)(F)F.I. The van der Waals surface area contributed by atoms with E-state index >= 15 is 0 Å². The van der Waals surface area contributed by atoms with Gasteiger partial charge in [-0.3, -0.25) is 4.99 Å². The molecule has 0 bridgehead atoms. The lowest BCUT2D eigenvalue weighted by atomic mass is 10.0. The van der Waals surface area contributed by atoms with Crippen molar-refractivity contribution in [2.75, 3.05) is 26.2 Å². The molecule has 2 N–H and O–H groups in total. The van der Waals surface area contributed by atoms with Crippen LogP contribution in [0.3, 0.4) is 0 Å². The molecule has 2 atom stereocenters. The highest BCUT2D eigenvalue weighted by Gasteiger charge is 2.42. The normalized spacial score (nSPS) is 22.7. The Kier molecular flexibility index (Phi) is 9.72. The number of aliphatic imine (C=N–C) groups is 1. The van der Waals surface area contributed by atoms with Crippen molar-refractivity contribution in [3.05, 3.63) is 29.8 Å². The van der Waals surface area contributed by atoms with Gasteiger partial charge in [0.1, 0.15) is 5.75 Å². The van der Waals surface area contributed by atoms with Gasteiger partial charge < -0.3 is 20.3 Å². The van der Waals surface area contributed by atoms with E-state index in [0.717, 1.165) is 44.9 Å². The molecule has 1 saturated heterocycles. The van der Waals surface area contributed by atoms with Crippen molar-refractivity contribution in [1.82, 2.24) is 15.5 Å². The number of rotatable bonds is 7. The highest BCUT2D eigenvalue weighted by Crippen LogP contribution is 2.45. The van der Waals surface area contributed by atoms with Crippen LogP contribution < -0.4 is 15.4 Å². The first kappa shape index (κ1) is 26.0. The zero-order chi connectivity index (χ0) is 21.7. The largest absolute Gasteiger partial charge is 0.573 e. The predicted molar refractivity (Wildman–Crippen MR) is 128 cm³/mol. The van der Waals surface area contributed by atoms with E-state index in [0.29, 0.717) is 24.1 Å². The van der Waals surface area contributed by atoms with Crippen LogP contribution in [0.2, 0.25) is 0 Å². The Labute approximate surface area is 200 Å². The maximum Gasteiger partial charge on any atom is 0.573 e.